The molecular weight excluding hydrogens is 480 g/mol. The van der Waals surface area contributed by atoms with E-state index in [2.05, 4.69) is 20.3 Å². The molecule has 0 saturated carbocycles. The van der Waals surface area contributed by atoms with Crippen LogP contribution in [-0.2, 0) is 14.8 Å². The standard InChI is InChI=1S/C19H17BrN2O5S2/c1-3-22-18(24)17(11-12-4-9-15(23)16(10-12)27-2)28-19(22)21-29(25,26)14-7-5-13(20)6-8-14/h4-11,23H,3H2,1-2H3/b17-11-,21-19?. The summed E-state index contributed by atoms with van der Waals surface area (Å²) in [6.07, 6.45) is 1.60. The van der Waals surface area contributed by atoms with Gasteiger partial charge in [-0.05, 0) is 66.7 Å². The van der Waals surface area contributed by atoms with Gasteiger partial charge in [0.05, 0.1) is 16.9 Å². The van der Waals surface area contributed by atoms with Crippen molar-refractivity contribution >= 4 is 54.9 Å². The van der Waals surface area contributed by atoms with E-state index < -0.39 is 10.0 Å². The van der Waals surface area contributed by atoms with Crippen molar-refractivity contribution in [3.8, 4) is 11.5 Å². The molecule has 1 amide bonds. The van der Waals surface area contributed by atoms with Crippen LogP contribution in [0.5, 0.6) is 11.5 Å². The molecule has 0 bridgehead atoms. The number of methoxy groups -OCH3 is 1. The van der Waals surface area contributed by atoms with Crippen LogP contribution in [0.1, 0.15) is 12.5 Å². The SMILES string of the molecule is CCN1C(=O)/C(=C/c2ccc(O)c(OC)c2)SC1=NS(=O)(=O)c1ccc(Br)cc1. The Kier molecular flexibility index (Phi) is 6.35. The number of phenolic OH excluding ortho intramolecular Hbond substituents is 1. The van der Waals surface area contributed by atoms with Crippen LogP contribution in [0.25, 0.3) is 6.08 Å². The number of thioether (sulfide) groups is 1. The summed E-state index contributed by atoms with van der Waals surface area (Å²) in [5.74, 6) is -0.0822. The second kappa shape index (κ2) is 8.60. The third kappa shape index (κ3) is 4.65. The van der Waals surface area contributed by atoms with Crippen molar-refractivity contribution < 1.29 is 23.1 Å². The maximum Gasteiger partial charge on any atom is 0.284 e. The number of likely N-dealkylation sites (N-methyl/N-ethyl adjacent to an activating group) is 1. The Morgan fingerprint density at radius 2 is 1.93 bits per heavy atom. The van der Waals surface area contributed by atoms with E-state index in [9.17, 15) is 18.3 Å². The Bertz CT molecular complexity index is 1110. The second-order valence-corrected chi connectivity index (χ2v) is 9.42. The molecule has 1 saturated heterocycles. The zero-order chi connectivity index (χ0) is 21.2. The van der Waals surface area contributed by atoms with Gasteiger partial charge in [-0.3, -0.25) is 9.69 Å². The van der Waals surface area contributed by atoms with Gasteiger partial charge in [0.2, 0.25) is 0 Å². The molecule has 152 valence electrons. The lowest BCUT2D eigenvalue weighted by molar-refractivity contribution is -0.122. The number of nitrogens with zero attached hydrogens (tertiary/aromatic N) is 2. The topological polar surface area (TPSA) is 96.3 Å². The number of hydrogen-bond acceptors (Lipinski definition) is 6. The minimum absolute atomic E-state index is 0.0157. The van der Waals surface area contributed by atoms with Crippen molar-refractivity contribution in [3.05, 3.63) is 57.4 Å². The van der Waals surface area contributed by atoms with E-state index in [1.165, 1.54) is 30.2 Å². The van der Waals surface area contributed by atoms with E-state index >= 15 is 0 Å². The summed E-state index contributed by atoms with van der Waals surface area (Å²) in [6, 6.07) is 10.8. The maximum atomic E-state index is 12.7. The van der Waals surface area contributed by atoms with Gasteiger partial charge in [0.25, 0.3) is 15.9 Å². The van der Waals surface area contributed by atoms with Gasteiger partial charge in [-0.2, -0.15) is 8.42 Å². The van der Waals surface area contributed by atoms with E-state index in [1.54, 1.807) is 37.3 Å². The van der Waals surface area contributed by atoms with Gasteiger partial charge in [0.15, 0.2) is 16.7 Å². The molecule has 0 aromatic heterocycles. The quantitative estimate of drug-likeness (QED) is 0.631. The lowest BCUT2D eigenvalue weighted by Gasteiger charge is -2.11. The Morgan fingerprint density at radius 1 is 1.24 bits per heavy atom. The number of rotatable bonds is 5. The molecular formula is C19H17BrN2O5S2. The fourth-order valence-corrected chi connectivity index (χ4v) is 5.06. The molecule has 1 heterocycles. The molecule has 7 nitrogen and oxygen atoms in total. The molecule has 1 fully saturated rings. The van der Waals surface area contributed by atoms with Gasteiger partial charge >= 0.3 is 0 Å². The number of aromatic hydroxyl groups is 1. The Hall–Kier alpha value is -2.30. The van der Waals surface area contributed by atoms with E-state index in [0.717, 1.165) is 16.2 Å². The fourth-order valence-electron chi connectivity index (χ4n) is 2.55. The van der Waals surface area contributed by atoms with Gasteiger partial charge in [-0.1, -0.05) is 22.0 Å². The average molecular weight is 497 g/mol. The second-order valence-electron chi connectivity index (χ2n) is 5.89. The molecule has 1 aliphatic heterocycles. The average Bonchev–Trinajstić information content (AvgIpc) is 2.97. The van der Waals surface area contributed by atoms with Crippen LogP contribution < -0.4 is 4.74 Å². The van der Waals surface area contributed by atoms with Crippen LogP contribution in [0.3, 0.4) is 0 Å². The van der Waals surface area contributed by atoms with Crippen LogP contribution in [-0.4, -0.2) is 43.2 Å². The first kappa shape index (κ1) is 21.4. The Balaban J connectivity index is 1.96. The van der Waals surface area contributed by atoms with Crippen LogP contribution in [0, 0.1) is 0 Å². The van der Waals surface area contributed by atoms with Crippen molar-refractivity contribution in [1.82, 2.24) is 4.90 Å². The van der Waals surface area contributed by atoms with Gasteiger partial charge in [0.1, 0.15) is 0 Å². The normalized spacial score (nSPS) is 17.3. The van der Waals surface area contributed by atoms with E-state index in [0.29, 0.717) is 10.5 Å². The predicted molar refractivity (Wildman–Crippen MR) is 116 cm³/mol. The van der Waals surface area contributed by atoms with Crippen molar-refractivity contribution in [3.63, 3.8) is 0 Å². The number of carbonyl (C=O) groups excluding carboxylic acids is 1. The van der Waals surface area contributed by atoms with E-state index in [4.69, 9.17) is 4.74 Å². The fraction of sp³-hybridized carbons (Fsp3) is 0.158. The summed E-state index contributed by atoms with van der Waals surface area (Å²) in [6.45, 7) is 2.02. The molecule has 0 atom stereocenters. The van der Waals surface area contributed by atoms with Gasteiger partial charge in [0, 0.05) is 11.0 Å². The van der Waals surface area contributed by atoms with Crippen molar-refractivity contribution in [2.24, 2.45) is 4.40 Å². The highest BCUT2D eigenvalue weighted by molar-refractivity contribution is 9.10. The minimum atomic E-state index is -3.97. The smallest absolute Gasteiger partial charge is 0.284 e. The van der Waals surface area contributed by atoms with Crippen molar-refractivity contribution in [2.45, 2.75) is 11.8 Å². The molecule has 10 heteroatoms. The molecule has 0 unspecified atom stereocenters. The number of hydrogen-bond donors (Lipinski definition) is 1. The third-order valence-corrected chi connectivity index (χ3v) is 6.95. The molecule has 0 radical (unpaired) electrons. The van der Waals surface area contributed by atoms with Gasteiger partial charge < -0.3 is 9.84 Å². The minimum Gasteiger partial charge on any atom is -0.504 e. The zero-order valence-corrected chi connectivity index (χ0v) is 18.7. The molecule has 1 N–H and O–H groups in total. The highest BCUT2D eigenvalue weighted by Gasteiger charge is 2.34. The number of amidine groups is 1. The van der Waals surface area contributed by atoms with Crippen molar-refractivity contribution in [1.29, 1.82) is 0 Å². The van der Waals surface area contributed by atoms with Crippen LogP contribution >= 0.6 is 27.7 Å². The van der Waals surface area contributed by atoms with E-state index in [1.807, 2.05) is 0 Å². The number of halogens is 1. The third-order valence-electron chi connectivity index (χ3n) is 4.02. The summed E-state index contributed by atoms with van der Waals surface area (Å²) in [5.41, 5.74) is 0.628. The van der Waals surface area contributed by atoms with Gasteiger partial charge in [-0.15, -0.1) is 4.40 Å². The number of sulfonamides is 1. The number of carbonyl (C=O) groups is 1. The highest BCUT2D eigenvalue weighted by Crippen LogP contribution is 2.35. The predicted octanol–water partition coefficient (Wildman–Crippen LogP) is 3.84. The first-order valence-electron chi connectivity index (χ1n) is 8.44. The molecule has 2 aromatic rings. The lowest BCUT2D eigenvalue weighted by atomic mass is 10.2. The molecule has 29 heavy (non-hydrogen) atoms. The van der Waals surface area contributed by atoms with Crippen LogP contribution in [0.15, 0.2) is 61.1 Å². The highest BCUT2D eigenvalue weighted by atomic mass is 79.9. The Labute approximate surface area is 181 Å². The maximum absolute atomic E-state index is 12.7. The summed E-state index contributed by atoms with van der Waals surface area (Å²) in [7, 11) is -2.54. The first-order chi connectivity index (χ1) is 13.7. The summed E-state index contributed by atoms with van der Waals surface area (Å²) >= 11 is 4.25. The molecule has 2 aromatic carbocycles. The molecule has 1 aliphatic rings. The monoisotopic (exact) mass is 496 g/mol. The molecule has 0 spiro atoms. The number of benzene rings is 2. The van der Waals surface area contributed by atoms with Gasteiger partial charge in [-0.25, -0.2) is 0 Å². The van der Waals surface area contributed by atoms with Crippen LogP contribution in [0.4, 0.5) is 0 Å². The zero-order valence-electron chi connectivity index (χ0n) is 15.5. The Morgan fingerprint density at radius 3 is 2.55 bits per heavy atom. The largest absolute Gasteiger partial charge is 0.504 e. The number of phenols is 1. The summed E-state index contributed by atoms with van der Waals surface area (Å²) < 4.78 is 35.0. The summed E-state index contributed by atoms with van der Waals surface area (Å²) in [5, 5.41) is 9.80. The van der Waals surface area contributed by atoms with Crippen molar-refractivity contribution in [2.75, 3.05) is 13.7 Å². The summed E-state index contributed by atoms with van der Waals surface area (Å²) in [4.78, 5) is 14.4. The number of ether oxygens (including phenoxy) is 1. The number of amides is 1. The lowest BCUT2D eigenvalue weighted by Crippen LogP contribution is -2.29. The van der Waals surface area contributed by atoms with Crippen LogP contribution in [0.2, 0.25) is 0 Å². The first-order valence-corrected chi connectivity index (χ1v) is 11.5. The molecule has 0 aliphatic carbocycles. The molecule has 3 rings (SSSR count). The van der Waals surface area contributed by atoms with E-state index in [-0.39, 0.29) is 34.0 Å².